The zero-order valence-electron chi connectivity index (χ0n) is 13.9. The predicted octanol–water partition coefficient (Wildman–Crippen LogP) is 3.07. The number of carbonyl (C=O) groups is 2. The summed E-state index contributed by atoms with van der Waals surface area (Å²) in [7, 11) is 0. The quantitative estimate of drug-likeness (QED) is 0.809. The maximum Gasteiger partial charge on any atom is 0.254 e. The molecule has 2 saturated heterocycles. The number of amides is 2. The lowest BCUT2D eigenvalue weighted by atomic mass is 9.95. The molecule has 2 atom stereocenters. The van der Waals surface area contributed by atoms with Crippen molar-refractivity contribution in [1.82, 2.24) is 9.80 Å². The van der Waals surface area contributed by atoms with Gasteiger partial charge in [-0.15, -0.1) is 0 Å². The van der Waals surface area contributed by atoms with Gasteiger partial charge in [-0.2, -0.15) is 0 Å². The van der Waals surface area contributed by atoms with Gasteiger partial charge in [-0.25, -0.2) is 0 Å². The van der Waals surface area contributed by atoms with Crippen molar-refractivity contribution in [3.05, 3.63) is 48.0 Å². The van der Waals surface area contributed by atoms with E-state index in [-0.39, 0.29) is 23.9 Å². The Labute approximate surface area is 142 Å². The number of piperidine rings is 1. The van der Waals surface area contributed by atoms with Crippen LogP contribution in [0.3, 0.4) is 0 Å². The molecule has 2 aromatic carbocycles. The molecule has 0 bridgehead atoms. The first-order valence-electron chi connectivity index (χ1n) is 8.73. The largest absolute Gasteiger partial charge is 0.338 e. The van der Waals surface area contributed by atoms with Crippen LogP contribution in [-0.4, -0.2) is 46.8 Å². The van der Waals surface area contributed by atoms with Gasteiger partial charge in [0.15, 0.2) is 0 Å². The first-order chi connectivity index (χ1) is 11.7. The van der Waals surface area contributed by atoms with Gasteiger partial charge in [0.05, 0.1) is 12.1 Å². The smallest absolute Gasteiger partial charge is 0.254 e. The number of carbonyl (C=O) groups excluding carboxylic acids is 2. The van der Waals surface area contributed by atoms with Gasteiger partial charge in [-0.1, -0.05) is 36.4 Å². The Balaban J connectivity index is 1.68. The van der Waals surface area contributed by atoms with Crippen LogP contribution in [0.1, 0.15) is 36.5 Å². The SMILES string of the molecule is CC(=O)N1CCC2C1CCCN2C(=O)c1cccc2ccccc12. The van der Waals surface area contributed by atoms with Crippen molar-refractivity contribution in [2.75, 3.05) is 13.1 Å². The summed E-state index contributed by atoms with van der Waals surface area (Å²) < 4.78 is 0. The van der Waals surface area contributed by atoms with E-state index < -0.39 is 0 Å². The molecule has 4 nitrogen and oxygen atoms in total. The van der Waals surface area contributed by atoms with Gasteiger partial charge in [0.2, 0.25) is 5.91 Å². The van der Waals surface area contributed by atoms with E-state index >= 15 is 0 Å². The molecule has 2 unspecified atom stereocenters. The average molecular weight is 322 g/mol. The van der Waals surface area contributed by atoms with Crippen LogP contribution in [0.2, 0.25) is 0 Å². The van der Waals surface area contributed by atoms with Gasteiger partial charge >= 0.3 is 0 Å². The highest BCUT2D eigenvalue weighted by Crippen LogP contribution is 2.32. The monoisotopic (exact) mass is 322 g/mol. The molecule has 0 spiro atoms. The van der Waals surface area contributed by atoms with Crippen molar-refractivity contribution in [3.63, 3.8) is 0 Å². The molecule has 2 fully saturated rings. The van der Waals surface area contributed by atoms with Crippen molar-refractivity contribution in [2.45, 2.75) is 38.3 Å². The minimum Gasteiger partial charge on any atom is -0.338 e. The molecule has 0 N–H and O–H groups in total. The molecule has 4 rings (SSSR count). The summed E-state index contributed by atoms with van der Waals surface area (Å²) in [6.07, 6.45) is 2.85. The minimum atomic E-state index is 0.104. The zero-order valence-corrected chi connectivity index (χ0v) is 13.9. The maximum absolute atomic E-state index is 13.3. The molecule has 124 valence electrons. The van der Waals surface area contributed by atoms with Crippen LogP contribution in [0.5, 0.6) is 0 Å². The second-order valence-electron chi connectivity index (χ2n) is 6.80. The van der Waals surface area contributed by atoms with E-state index in [2.05, 4.69) is 0 Å². The predicted molar refractivity (Wildman–Crippen MR) is 93.8 cm³/mol. The normalized spacial score (nSPS) is 23.4. The Hall–Kier alpha value is -2.36. The lowest BCUT2D eigenvalue weighted by Crippen LogP contribution is -2.52. The highest BCUT2D eigenvalue weighted by atomic mass is 16.2. The highest BCUT2D eigenvalue weighted by molar-refractivity contribution is 6.07. The van der Waals surface area contributed by atoms with Crippen LogP contribution in [0.15, 0.2) is 42.5 Å². The lowest BCUT2D eigenvalue weighted by Gasteiger charge is -2.39. The molecule has 0 aromatic heterocycles. The van der Waals surface area contributed by atoms with Gasteiger partial charge in [-0.05, 0) is 36.1 Å². The van der Waals surface area contributed by atoms with Crippen LogP contribution in [0, 0.1) is 0 Å². The van der Waals surface area contributed by atoms with Gasteiger partial charge in [0.1, 0.15) is 0 Å². The van der Waals surface area contributed by atoms with Crippen molar-refractivity contribution in [1.29, 1.82) is 0 Å². The van der Waals surface area contributed by atoms with Crippen LogP contribution in [0.25, 0.3) is 10.8 Å². The molecule has 2 heterocycles. The Bertz CT molecular complexity index is 796. The Morgan fingerprint density at radius 2 is 1.67 bits per heavy atom. The summed E-state index contributed by atoms with van der Waals surface area (Å²) >= 11 is 0. The maximum atomic E-state index is 13.3. The van der Waals surface area contributed by atoms with Crippen molar-refractivity contribution in [2.24, 2.45) is 0 Å². The molecule has 2 amide bonds. The van der Waals surface area contributed by atoms with Crippen LogP contribution < -0.4 is 0 Å². The molecule has 2 aliphatic rings. The second kappa shape index (κ2) is 5.93. The van der Waals surface area contributed by atoms with E-state index in [4.69, 9.17) is 0 Å². The number of rotatable bonds is 1. The molecule has 0 radical (unpaired) electrons. The number of hydrogen-bond donors (Lipinski definition) is 0. The number of fused-ring (bicyclic) bond motifs is 2. The van der Waals surface area contributed by atoms with Crippen LogP contribution in [0.4, 0.5) is 0 Å². The van der Waals surface area contributed by atoms with Crippen molar-refractivity contribution < 1.29 is 9.59 Å². The fourth-order valence-electron chi connectivity index (χ4n) is 4.40. The summed E-state index contributed by atoms with van der Waals surface area (Å²) in [5, 5.41) is 2.10. The second-order valence-corrected chi connectivity index (χ2v) is 6.80. The third kappa shape index (κ3) is 2.37. The number of likely N-dealkylation sites (tertiary alicyclic amines) is 2. The summed E-state index contributed by atoms with van der Waals surface area (Å²) in [6, 6.07) is 14.3. The van der Waals surface area contributed by atoms with E-state index in [0.717, 1.165) is 48.7 Å². The van der Waals surface area contributed by atoms with E-state index in [1.165, 1.54) is 0 Å². The van der Waals surface area contributed by atoms with Gasteiger partial charge in [-0.3, -0.25) is 9.59 Å². The summed E-state index contributed by atoms with van der Waals surface area (Å²) in [6.45, 7) is 3.19. The van der Waals surface area contributed by atoms with E-state index in [1.54, 1.807) is 6.92 Å². The van der Waals surface area contributed by atoms with Gasteiger partial charge in [0, 0.05) is 25.6 Å². The molecule has 24 heavy (non-hydrogen) atoms. The molecule has 2 aliphatic heterocycles. The van der Waals surface area contributed by atoms with Gasteiger partial charge < -0.3 is 9.80 Å². The Morgan fingerprint density at radius 1 is 0.917 bits per heavy atom. The molecule has 0 saturated carbocycles. The summed E-state index contributed by atoms with van der Waals surface area (Å²) in [5.41, 5.74) is 0.773. The average Bonchev–Trinajstić information content (AvgIpc) is 3.05. The van der Waals surface area contributed by atoms with Crippen LogP contribution >= 0.6 is 0 Å². The topological polar surface area (TPSA) is 40.6 Å². The summed E-state index contributed by atoms with van der Waals surface area (Å²) in [5.74, 6) is 0.230. The molecule has 2 aromatic rings. The first kappa shape index (κ1) is 15.2. The highest BCUT2D eigenvalue weighted by Gasteiger charge is 2.43. The van der Waals surface area contributed by atoms with E-state index in [1.807, 2.05) is 52.3 Å². The number of benzene rings is 2. The number of hydrogen-bond acceptors (Lipinski definition) is 2. The van der Waals surface area contributed by atoms with E-state index in [9.17, 15) is 9.59 Å². The van der Waals surface area contributed by atoms with Crippen molar-refractivity contribution in [3.8, 4) is 0 Å². The molecular formula is C20H22N2O2. The molecule has 0 aliphatic carbocycles. The third-order valence-corrected chi connectivity index (χ3v) is 5.49. The number of nitrogens with zero attached hydrogens (tertiary/aromatic N) is 2. The fourth-order valence-corrected chi connectivity index (χ4v) is 4.40. The zero-order chi connectivity index (χ0) is 16.7. The standard InChI is InChI=1S/C20H22N2O2/c1-14(23)21-13-11-19-18(21)10-5-12-22(19)20(24)17-9-4-7-15-6-2-3-8-16(15)17/h2-4,6-9,18-19H,5,10-13H2,1H3. The fraction of sp³-hybridized carbons (Fsp3) is 0.400. The molecule has 4 heteroatoms. The third-order valence-electron chi connectivity index (χ3n) is 5.49. The lowest BCUT2D eigenvalue weighted by molar-refractivity contribution is -0.130. The first-order valence-corrected chi connectivity index (χ1v) is 8.73. The minimum absolute atomic E-state index is 0.104. The van der Waals surface area contributed by atoms with Crippen LogP contribution in [-0.2, 0) is 4.79 Å². The Morgan fingerprint density at radius 3 is 2.50 bits per heavy atom. The van der Waals surface area contributed by atoms with Gasteiger partial charge in [0.25, 0.3) is 5.91 Å². The molecular weight excluding hydrogens is 300 g/mol. The van der Waals surface area contributed by atoms with Crippen molar-refractivity contribution >= 4 is 22.6 Å². The Kier molecular flexibility index (Phi) is 3.75. The van der Waals surface area contributed by atoms with E-state index in [0.29, 0.717) is 0 Å². The summed E-state index contributed by atoms with van der Waals surface area (Å²) in [4.78, 5) is 29.1.